The topological polar surface area (TPSA) is 46.3 Å². The molecule has 0 aromatic rings. The van der Waals surface area contributed by atoms with Crippen molar-refractivity contribution in [2.75, 3.05) is 14.1 Å². The summed E-state index contributed by atoms with van der Waals surface area (Å²) in [4.78, 5) is 12.6. The Kier molecular flexibility index (Phi) is 3.36. The van der Waals surface area contributed by atoms with Crippen LogP contribution in [0.5, 0.6) is 0 Å². The molecule has 3 nitrogen and oxygen atoms in total. The predicted octanol–water partition coefficient (Wildman–Crippen LogP) is 0.0579. The zero-order valence-corrected chi connectivity index (χ0v) is 7.09. The van der Waals surface area contributed by atoms with Gasteiger partial charge < -0.3 is 5.73 Å². The Balaban J connectivity index is 4.12. The summed E-state index contributed by atoms with van der Waals surface area (Å²) in [7, 11) is 3.71. The molecular weight excluding hydrogens is 128 g/mol. The number of nitrogens with two attached hydrogens (primary N) is 1. The maximum absolute atomic E-state index is 10.8. The third kappa shape index (κ3) is 2.35. The van der Waals surface area contributed by atoms with Gasteiger partial charge in [0.25, 0.3) is 0 Å². The summed E-state index contributed by atoms with van der Waals surface area (Å²) in [5.74, 6) is 0.0347. The predicted molar refractivity (Wildman–Crippen MR) is 41.5 cm³/mol. The summed E-state index contributed by atoms with van der Waals surface area (Å²) in [6, 6.07) is -0.139. The van der Waals surface area contributed by atoms with E-state index in [0.29, 0.717) is 0 Å². The molecule has 0 rings (SSSR count). The van der Waals surface area contributed by atoms with Crippen molar-refractivity contribution in [2.24, 2.45) is 11.7 Å². The van der Waals surface area contributed by atoms with E-state index in [9.17, 15) is 4.79 Å². The van der Waals surface area contributed by atoms with Gasteiger partial charge in [-0.05, 0) is 20.0 Å². The van der Waals surface area contributed by atoms with Crippen molar-refractivity contribution in [1.29, 1.82) is 0 Å². The van der Waals surface area contributed by atoms with E-state index in [4.69, 9.17) is 5.73 Å². The van der Waals surface area contributed by atoms with Crippen LogP contribution in [-0.4, -0.2) is 30.9 Å². The Morgan fingerprint density at radius 3 is 1.80 bits per heavy atom. The van der Waals surface area contributed by atoms with Gasteiger partial charge in [0.15, 0.2) is 0 Å². The summed E-state index contributed by atoms with van der Waals surface area (Å²) in [5.41, 5.74) is 5.16. The third-order valence-corrected chi connectivity index (χ3v) is 1.48. The monoisotopic (exact) mass is 144 g/mol. The minimum Gasteiger partial charge on any atom is -0.368 e. The van der Waals surface area contributed by atoms with Crippen LogP contribution in [0.4, 0.5) is 0 Å². The zero-order valence-electron chi connectivity index (χ0n) is 7.09. The SMILES string of the molecule is CC(C)C(C(N)=O)N(C)C. The van der Waals surface area contributed by atoms with E-state index >= 15 is 0 Å². The second-order valence-electron chi connectivity index (χ2n) is 3.05. The first-order valence-electron chi connectivity index (χ1n) is 3.42. The molecule has 0 aliphatic heterocycles. The van der Waals surface area contributed by atoms with Crippen molar-refractivity contribution < 1.29 is 4.79 Å². The van der Waals surface area contributed by atoms with Crippen molar-refractivity contribution in [1.82, 2.24) is 4.90 Å². The van der Waals surface area contributed by atoms with E-state index in [2.05, 4.69) is 0 Å². The molecule has 0 saturated heterocycles. The molecule has 0 aliphatic rings. The van der Waals surface area contributed by atoms with Gasteiger partial charge in [0, 0.05) is 0 Å². The molecule has 1 unspecified atom stereocenters. The summed E-state index contributed by atoms with van der Waals surface area (Å²) >= 11 is 0. The van der Waals surface area contributed by atoms with E-state index in [0.717, 1.165) is 0 Å². The summed E-state index contributed by atoms with van der Waals surface area (Å²) in [6.07, 6.45) is 0. The Bertz CT molecular complexity index is 113. The van der Waals surface area contributed by atoms with Crippen molar-refractivity contribution >= 4 is 5.91 Å². The highest BCUT2D eigenvalue weighted by atomic mass is 16.1. The number of hydrogen-bond donors (Lipinski definition) is 1. The maximum atomic E-state index is 10.8. The van der Waals surface area contributed by atoms with Crippen LogP contribution in [-0.2, 0) is 4.79 Å². The maximum Gasteiger partial charge on any atom is 0.235 e. The van der Waals surface area contributed by atoms with Crippen molar-refractivity contribution in [3.05, 3.63) is 0 Å². The molecule has 0 fully saturated rings. The number of carbonyl (C=O) groups excluding carboxylic acids is 1. The molecule has 0 bridgehead atoms. The molecule has 0 aromatic heterocycles. The van der Waals surface area contributed by atoms with Crippen molar-refractivity contribution in [3.63, 3.8) is 0 Å². The van der Waals surface area contributed by atoms with Crippen LogP contribution in [0, 0.1) is 5.92 Å². The molecule has 1 atom stereocenters. The van der Waals surface area contributed by atoms with Crippen LogP contribution in [0.1, 0.15) is 13.8 Å². The molecule has 0 aliphatic carbocycles. The molecular formula is C7H16N2O. The largest absolute Gasteiger partial charge is 0.368 e. The Morgan fingerprint density at radius 2 is 1.80 bits per heavy atom. The molecule has 10 heavy (non-hydrogen) atoms. The fourth-order valence-electron chi connectivity index (χ4n) is 1.18. The standard InChI is InChI=1S/C7H16N2O/c1-5(2)6(7(8)10)9(3)4/h5-6H,1-4H3,(H2,8,10). The number of primary amides is 1. The van der Waals surface area contributed by atoms with Crippen LogP contribution in [0.15, 0.2) is 0 Å². The Labute approximate surface area is 62.2 Å². The van der Waals surface area contributed by atoms with E-state index in [-0.39, 0.29) is 17.9 Å². The average Bonchev–Trinajstić information content (AvgIpc) is 1.59. The van der Waals surface area contributed by atoms with Gasteiger partial charge in [0.1, 0.15) is 0 Å². The quantitative estimate of drug-likeness (QED) is 0.608. The smallest absolute Gasteiger partial charge is 0.235 e. The molecule has 60 valence electrons. The highest BCUT2D eigenvalue weighted by Crippen LogP contribution is 2.05. The van der Waals surface area contributed by atoms with Gasteiger partial charge in [-0.1, -0.05) is 13.8 Å². The lowest BCUT2D eigenvalue weighted by atomic mass is 10.0. The van der Waals surface area contributed by atoms with Gasteiger partial charge in [-0.15, -0.1) is 0 Å². The minimum atomic E-state index is -0.250. The fourth-order valence-corrected chi connectivity index (χ4v) is 1.18. The van der Waals surface area contributed by atoms with E-state index < -0.39 is 0 Å². The fraction of sp³-hybridized carbons (Fsp3) is 0.857. The lowest BCUT2D eigenvalue weighted by Crippen LogP contribution is -2.43. The molecule has 0 saturated carbocycles. The lowest BCUT2D eigenvalue weighted by Gasteiger charge is -2.24. The first-order chi connectivity index (χ1) is 4.46. The zero-order chi connectivity index (χ0) is 8.31. The van der Waals surface area contributed by atoms with Crippen LogP contribution in [0.2, 0.25) is 0 Å². The van der Waals surface area contributed by atoms with E-state index in [1.807, 2.05) is 32.8 Å². The molecule has 3 heteroatoms. The Morgan fingerprint density at radius 1 is 1.40 bits per heavy atom. The van der Waals surface area contributed by atoms with Crippen LogP contribution < -0.4 is 5.73 Å². The van der Waals surface area contributed by atoms with Gasteiger partial charge in [-0.2, -0.15) is 0 Å². The van der Waals surface area contributed by atoms with Gasteiger partial charge in [0.2, 0.25) is 5.91 Å². The van der Waals surface area contributed by atoms with Gasteiger partial charge in [0.05, 0.1) is 6.04 Å². The Hall–Kier alpha value is -0.570. The summed E-state index contributed by atoms with van der Waals surface area (Å²) in [6.45, 7) is 3.96. The van der Waals surface area contributed by atoms with Crippen LogP contribution in [0.25, 0.3) is 0 Å². The highest BCUT2D eigenvalue weighted by molar-refractivity contribution is 5.80. The second kappa shape index (κ2) is 3.56. The average molecular weight is 144 g/mol. The second-order valence-corrected chi connectivity index (χ2v) is 3.05. The number of amides is 1. The first kappa shape index (κ1) is 9.43. The molecule has 1 amide bonds. The highest BCUT2D eigenvalue weighted by Gasteiger charge is 2.20. The molecule has 0 heterocycles. The number of carbonyl (C=O) groups is 1. The molecule has 2 N–H and O–H groups in total. The van der Waals surface area contributed by atoms with Crippen LogP contribution >= 0.6 is 0 Å². The summed E-state index contributed by atoms with van der Waals surface area (Å²) < 4.78 is 0. The normalized spacial score (nSPS) is 14.2. The van der Waals surface area contributed by atoms with Gasteiger partial charge in [-0.3, -0.25) is 9.69 Å². The molecule has 0 spiro atoms. The number of likely N-dealkylation sites (N-methyl/N-ethyl adjacent to an activating group) is 1. The van der Waals surface area contributed by atoms with E-state index in [1.165, 1.54) is 0 Å². The number of nitrogens with zero attached hydrogens (tertiary/aromatic N) is 1. The third-order valence-electron chi connectivity index (χ3n) is 1.48. The lowest BCUT2D eigenvalue weighted by molar-refractivity contribution is -0.123. The van der Waals surface area contributed by atoms with E-state index in [1.54, 1.807) is 0 Å². The minimum absolute atomic E-state index is 0.139. The van der Waals surface area contributed by atoms with Gasteiger partial charge in [-0.25, -0.2) is 0 Å². The van der Waals surface area contributed by atoms with Crippen molar-refractivity contribution in [3.8, 4) is 0 Å². The van der Waals surface area contributed by atoms with Crippen LogP contribution in [0.3, 0.4) is 0 Å². The van der Waals surface area contributed by atoms with Gasteiger partial charge >= 0.3 is 0 Å². The first-order valence-corrected chi connectivity index (χ1v) is 3.42. The number of hydrogen-bond acceptors (Lipinski definition) is 2. The molecule has 0 aromatic carbocycles. The summed E-state index contributed by atoms with van der Waals surface area (Å²) in [5, 5.41) is 0. The van der Waals surface area contributed by atoms with Crippen molar-refractivity contribution in [2.45, 2.75) is 19.9 Å². The number of rotatable bonds is 3. The molecule has 0 radical (unpaired) electrons.